The molecule has 0 amide bonds. The average Bonchev–Trinajstić information content (AvgIpc) is 1.82. The molecule has 14 heteroatoms. The molecule has 0 heterocycles. The molecule has 0 unspecified atom stereocenters. The van der Waals surface area contributed by atoms with E-state index in [1.54, 1.807) is 0 Å². The van der Waals surface area contributed by atoms with Crippen molar-refractivity contribution < 1.29 is 29.4 Å². The van der Waals surface area contributed by atoms with Crippen LogP contribution in [0.5, 0.6) is 0 Å². The van der Waals surface area contributed by atoms with E-state index >= 15 is 0 Å². The van der Waals surface area contributed by atoms with Crippen LogP contribution in [0.1, 0.15) is 0 Å². The van der Waals surface area contributed by atoms with Crippen molar-refractivity contribution in [3.63, 3.8) is 0 Å². The molecule has 0 aromatic rings. The van der Waals surface area contributed by atoms with E-state index in [1.807, 2.05) is 0 Å². The number of nitrogens with zero attached hydrogens (tertiary/aromatic N) is 4. The van der Waals surface area contributed by atoms with E-state index in [0.29, 0.717) is 0 Å². The van der Waals surface area contributed by atoms with Gasteiger partial charge in [-0.2, -0.15) is 0 Å². The molecule has 0 atom stereocenters. The van der Waals surface area contributed by atoms with Gasteiger partial charge in [-0.15, -0.1) is 0 Å². The quantitative estimate of drug-likeness (QED) is 0.502. The summed E-state index contributed by atoms with van der Waals surface area (Å²) in [6.07, 6.45) is 0. The van der Waals surface area contributed by atoms with E-state index in [9.17, 15) is 40.5 Å². The Bertz CT molecular complexity index is 233. The van der Waals surface area contributed by atoms with Crippen molar-refractivity contribution >= 4 is 0 Å². The maximum absolute atomic E-state index is 9.88. The summed E-state index contributed by atoms with van der Waals surface area (Å²) < 4.78 is -8.31. The maximum Gasteiger partial charge on any atom is -0.369 e. The van der Waals surface area contributed by atoms with Crippen LogP contribution in [0.3, 0.4) is 0 Å². The van der Waals surface area contributed by atoms with Crippen LogP contribution in [-0.2, 0) is 13.5 Å². The van der Waals surface area contributed by atoms with Gasteiger partial charge in [0, 0.05) is 0 Å². The van der Waals surface area contributed by atoms with Gasteiger partial charge in [-0.1, -0.05) is 0 Å². The fraction of sp³-hybridized carbons (Fsp3) is 0. The van der Waals surface area contributed by atoms with Gasteiger partial charge in [0.05, 0.1) is 0 Å². The zero-order valence-electron chi connectivity index (χ0n) is 6.39. The molecular formula is H4CoN5O8. The van der Waals surface area contributed by atoms with Crippen molar-refractivity contribution in [2.24, 2.45) is 0 Å². The van der Waals surface area contributed by atoms with E-state index in [0.717, 1.165) is 0 Å². The van der Waals surface area contributed by atoms with Crippen LogP contribution in [0.2, 0.25) is 0 Å². The van der Waals surface area contributed by atoms with Gasteiger partial charge in [-0.05, 0) is 0 Å². The first kappa shape index (κ1) is 14.6. The smallest absolute Gasteiger partial charge is 0.369 e. The monoisotopic (exact) mass is 261 g/mol. The average molecular weight is 261 g/mol. The third-order valence-corrected chi connectivity index (χ3v) is 2.69. The van der Waals surface area contributed by atoms with Crippen LogP contribution in [-0.4, -0.2) is 15.9 Å². The van der Waals surface area contributed by atoms with Gasteiger partial charge in [0.15, 0.2) is 0 Å². The topological polar surface area (TPSA) is 209 Å². The summed E-state index contributed by atoms with van der Waals surface area (Å²) in [5.41, 5.74) is 0. The second-order valence-corrected chi connectivity index (χ2v) is 3.95. The number of quaternary nitrogens is 1. The Kier molecular flexibility index (Phi) is 4.53. The van der Waals surface area contributed by atoms with Crippen molar-refractivity contribution in [3.8, 4) is 0 Å². The number of hydrogen-bond acceptors (Lipinski definition) is 8. The van der Waals surface area contributed by atoms with Gasteiger partial charge in [0.1, 0.15) is 0 Å². The first-order valence-corrected chi connectivity index (χ1v) is 3.92. The molecule has 0 spiro atoms. The predicted octanol–water partition coefficient (Wildman–Crippen LogP) is -0.717. The van der Waals surface area contributed by atoms with Crippen molar-refractivity contribution in [3.05, 3.63) is 40.5 Å². The molecule has 86 valence electrons. The van der Waals surface area contributed by atoms with Crippen LogP contribution in [0.25, 0.3) is 0 Å². The summed E-state index contributed by atoms with van der Waals surface area (Å²) in [6, 6.07) is 0. The number of hydrogen-bond donors (Lipinski definition) is 1. The standard InChI is InChI=1S/Co.4NO2.H3N/c;4*2-1-3;/h;;;;;1H3/q-1;;;;;/p+1. The number of rotatable bonds is 4. The second-order valence-electron chi connectivity index (χ2n) is 1.19. The summed E-state index contributed by atoms with van der Waals surface area (Å²) in [4.78, 5) is 39.5. The van der Waals surface area contributed by atoms with Gasteiger partial charge in [-0.25, -0.2) is 0 Å². The summed E-state index contributed by atoms with van der Waals surface area (Å²) in [7, 11) is 0. The van der Waals surface area contributed by atoms with Gasteiger partial charge < -0.3 is 6.15 Å². The molecule has 4 N–H and O–H groups in total. The largest absolute Gasteiger partial charge is 0.369 e. The van der Waals surface area contributed by atoms with Gasteiger partial charge >= 0.3 is 69.8 Å². The summed E-state index contributed by atoms with van der Waals surface area (Å²) in [5, 5.41) is 39.5. The second kappa shape index (κ2) is 4.34. The van der Waals surface area contributed by atoms with E-state index in [-0.39, 0.29) is 6.15 Å². The van der Waals surface area contributed by atoms with Crippen LogP contribution in [0.4, 0.5) is 0 Å². The molecule has 0 bridgehead atoms. The Balaban J connectivity index is 0. The predicted molar refractivity (Wildman–Crippen MR) is 34.0 cm³/mol. The molecule has 14 heavy (non-hydrogen) atoms. The molecule has 0 aliphatic carbocycles. The maximum atomic E-state index is 9.88. The zero-order valence-corrected chi connectivity index (χ0v) is 7.43. The number of nitro groups is 4. The summed E-state index contributed by atoms with van der Waals surface area (Å²) >= 11 is -5.88. The molecule has 0 saturated heterocycles. The van der Waals surface area contributed by atoms with Gasteiger partial charge in [0.25, 0.3) is 0 Å². The Labute approximate surface area is 76.8 Å². The molecule has 0 fully saturated rings. The molecule has 0 rings (SSSR count). The molecule has 0 aromatic carbocycles. The SMILES string of the molecule is O=[N+]([O-])[Co-]([N+](=O)[O-])([N+](=O)[O-])[N+](=O)[O-].[NH4+]. The van der Waals surface area contributed by atoms with Crippen molar-refractivity contribution in [1.82, 2.24) is 6.15 Å². The summed E-state index contributed by atoms with van der Waals surface area (Å²) in [5.74, 6) is 0. The first-order valence-electron chi connectivity index (χ1n) is 2.06. The van der Waals surface area contributed by atoms with Crippen LogP contribution >= 0.6 is 0 Å². The van der Waals surface area contributed by atoms with E-state index in [2.05, 4.69) is 0 Å². The molecule has 13 nitrogen and oxygen atoms in total. The summed E-state index contributed by atoms with van der Waals surface area (Å²) in [6.45, 7) is 0. The minimum absolute atomic E-state index is 0. The van der Waals surface area contributed by atoms with E-state index in [4.69, 9.17) is 0 Å². The minimum Gasteiger partial charge on any atom is -0.369 e. The van der Waals surface area contributed by atoms with Crippen LogP contribution in [0, 0.1) is 40.5 Å². The van der Waals surface area contributed by atoms with Gasteiger partial charge in [0.2, 0.25) is 0 Å². The van der Waals surface area contributed by atoms with E-state index < -0.39 is 29.4 Å². The normalized spacial score (nSPS) is 10.9. The third-order valence-electron chi connectivity index (χ3n) is 0.653. The minimum atomic E-state index is -5.88. The van der Waals surface area contributed by atoms with Crippen molar-refractivity contribution in [2.45, 2.75) is 0 Å². The first-order chi connectivity index (χ1) is 5.77. The van der Waals surface area contributed by atoms with E-state index in [1.165, 1.54) is 0 Å². The Morgan fingerprint density at radius 3 is 0.786 bits per heavy atom. The molecule has 0 saturated carbocycles. The van der Waals surface area contributed by atoms with Gasteiger partial charge in [-0.3, -0.25) is 0 Å². The third kappa shape index (κ3) is 1.70. The van der Waals surface area contributed by atoms with Crippen molar-refractivity contribution in [2.75, 3.05) is 0 Å². The van der Waals surface area contributed by atoms with Crippen molar-refractivity contribution in [1.29, 1.82) is 0 Å². The fourth-order valence-corrected chi connectivity index (χ4v) is 1.10. The Morgan fingerprint density at radius 2 is 0.786 bits per heavy atom. The van der Waals surface area contributed by atoms with Crippen LogP contribution < -0.4 is 6.15 Å². The fourth-order valence-electron chi connectivity index (χ4n) is 0.267. The molecule has 0 aromatic heterocycles. The molecule has 0 aliphatic rings. The Hall–Kier alpha value is -1.93. The molecule has 0 radical (unpaired) electrons. The zero-order chi connectivity index (χ0) is 10.8. The molecule has 0 aliphatic heterocycles. The molecular weight excluding hydrogens is 257 g/mol. The Morgan fingerprint density at radius 1 is 0.643 bits per heavy atom. The van der Waals surface area contributed by atoms with Crippen LogP contribution in [0.15, 0.2) is 0 Å².